The molecule has 0 fully saturated rings. The van der Waals surface area contributed by atoms with Crippen LogP contribution in [0.4, 0.5) is 0 Å². The Kier molecular flexibility index (Phi) is 6.06. The van der Waals surface area contributed by atoms with Gasteiger partial charge in [0, 0.05) is 19.5 Å². The molecule has 0 saturated heterocycles. The average Bonchev–Trinajstić information content (AvgIpc) is 2.53. The number of nitrogens with zero attached hydrogens (tertiary/aromatic N) is 1. The van der Waals surface area contributed by atoms with E-state index in [9.17, 15) is 4.79 Å². The van der Waals surface area contributed by atoms with Crippen LogP contribution in [0.1, 0.15) is 29.1 Å². The van der Waals surface area contributed by atoms with Crippen molar-refractivity contribution < 1.29 is 9.21 Å². The first-order valence-electron chi connectivity index (χ1n) is 4.94. The fraction of sp³-hybridized carbons (Fsp3) is 0.600. The Bertz CT molecular complexity index is 352. The quantitative estimate of drug-likeness (QED) is 0.835. The summed E-state index contributed by atoms with van der Waals surface area (Å²) in [6, 6.07) is 0.235. The Labute approximate surface area is 101 Å². The Morgan fingerprint density at radius 3 is 2.56 bits per heavy atom. The lowest BCUT2D eigenvalue weighted by Crippen LogP contribution is -2.37. The highest BCUT2D eigenvalue weighted by atomic mass is 35.5. The third kappa shape index (κ3) is 3.83. The predicted molar refractivity (Wildman–Crippen MR) is 64.1 cm³/mol. The van der Waals surface area contributed by atoms with Gasteiger partial charge in [-0.05, 0) is 20.9 Å². The lowest BCUT2D eigenvalue weighted by molar-refractivity contribution is 0.0920. The SMILES string of the molecule is CNC(C)CNC(=O)c1oc(C)nc1C.Cl. The first kappa shape index (κ1) is 14.9. The molecule has 0 spiro atoms. The highest BCUT2D eigenvalue weighted by Crippen LogP contribution is 2.08. The Morgan fingerprint density at radius 2 is 2.12 bits per heavy atom. The fourth-order valence-electron chi connectivity index (χ4n) is 1.17. The highest BCUT2D eigenvalue weighted by Gasteiger charge is 2.15. The normalized spacial score (nSPS) is 11.8. The van der Waals surface area contributed by atoms with E-state index >= 15 is 0 Å². The second-order valence-electron chi connectivity index (χ2n) is 3.55. The van der Waals surface area contributed by atoms with Gasteiger partial charge < -0.3 is 15.1 Å². The summed E-state index contributed by atoms with van der Waals surface area (Å²) in [7, 11) is 1.85. The molecule has 0 radical (unpaired) electrons. The smallest absolute Gasteiger partial charge is 0.289 e. The molecule has 1 aromatic rings. The van der Waals surface area contributed by atoms with E-state index in [-0.39, 0.29) is 24.4 Å². The molecule has 1 heterocycles. The summed E-state index contributed by atoms with van der Waals surface area (Å²) in [6.07, 6.45) is 0. The predicted octanol–water partition coefficient (Wildman–Crippen LogP) is 1.05. The summed E-state index contributed by atoms with van der Waals surface area (Å²) < 4.78 is 5.20. The average molecular weight is 248 g/mol. The summed E-state index contributed by atoms with van der Waals surface area (Å²) in [5.41, 5.74) is 0.627. The molecule has 92 valence electrons. The van der Waals surface area contributed by atoms with E-state index in [1.807, 2.05) is 14.0 Å². The number of oxazole rings is 1. The number of halogens is 1. The zero-order chi connectivity index (χ0) is 11.4. The maximum absolute atomic E-state index is 11.6. The van der Waals surface area contributed by atoms with Crippen LogP contribution < -0.4 is 10.6 Å². The zero-order valence-electron chi connectivity index (χ0n) is 9.96. The minimum Gasteiger partial charge on any atom is -0.436 e. The zero-order valence-corrected chi connectivity index (χ0v) is 10.8. The maximum atomic E-state index is 11.6. The van der Waals surface area contributed by atoms with Crippen LogP contribution >= 0.6 is 12.4 Å². The number of aryl methyl sites for hydroxylation is 2. The molecule has 1 aromatic heterocycles. The molecule has 0 bridgehead atoms. The molecule has 0 aliphatic carbocycles. The van der Waals surface area contributed by atoms with E-state index < -0.39 is 0 Å². The molecular formula is C10H18ClN3O2. The summed E-state index contributed by atoms with van der Waals surface area (Å²) in [6.45, 7) is 6.03. The van der Waals surface area contributed by atoms with Crippen LogP contribution in [0.2, 0.25) is 0 Å². The first-order chi connectivity index (χ1) is 7.04. The van der Waals surface area contributed by atoms with Crippen molar-refractivity contribution in [2.45, 2.75) is 26.8 Å². The van der Waals surface area contributed by atoms with Crippen LogP contribution in [-0.2, 0) is 0 Å². The Morgan fingerprint density at radius 1 is 1.50 bits per heavy atom. The van der Waals surface area contributed by atoms with Gasteiger partial charge in [-0.3, -0.25) is 4.79 Å². The molecule has 1 rings (SSSR count). The van der Waals surface area contributed by atoms with Crippen LogP contribution in [0, 0.1) is 13.8 Å². The summed E-state index contributed by atoms with van der Waals surface area (Å²) in [5.74, 6) is 0.602. The second kappa shape index (κ2) is 6.50. The Balaban J connectivity index is 0.00000225. The van der Waals surface area contributed by atoms with E-state index in [2.05, 4.69) is 15.6 Å². The molecule has 1 unspecified atom stereocenters. The van der Waals surface area contributed by atoms with Crippen molar-refractivity contribution in [3.63, 3.8) is 0 Å². The van der Waals surface area contributed by atoms with Gasteiger partial charge in [0.25, 0.3) is 5.91 Å². The standard InChI is InChI=1S/C10H17N3O2.ClH/c1-6(11-4)5-12-10(14)9-7(2)13-8(3)15-9;/h6,11H,5H2,1-4H3,(H,12,14);1H. The van der Waals surface area contributed by atoms with Crippen molar-refractivity contribution in [2.24, 2.45) is 0 Å². The van der Waals surface area contributed by atoms with Gasteiger partial charge in [-0.25, -0.2) is 4.98 Å². The van der Waals surface area contributed by atoms with Crippen molar-refractivity contribution >= 4 is 18.3 Å². The first-order valence-corrected chi connectivity index (χ1v) is 4.94. The lowest BCUT2D eigenvalue weighted by atomic mass is 10.3. The molecule has 0 aliphatic rings. The number of likely N-dealkylation sites (N-methyl/N-ethyl adjacent to an activating group) is 1. The molecule has 0 aliphatic heterocycles. The van der Waals surface area contributed by atoms with Gasteiger partial charge in [0.1, 0.15) is 0 Å². The number of nitrogens with one attached hydrogen (secondary N) is 2. The molecule has 5 nitrogen and oxygen atoms in total. The van der Waals surface area contributed by atoms with Crippen LogP contribution in [0.15, 0.2) is 4.42 Å². The van der Waals surface area contributed by atoms with Gasteiger partial charge in [-0.15, -0.1) is 12.4 Å². The number of aromatic nitrogens is 1. The maximum Gasteiger partial charge on any atom is 0.289 e. The van der Waals surface area contributed by atoms with E-state index in [4.69, 9.17) is 4.42 Å². The summed E-state index contributed by atoms with van der Waals surface area (Å²) in [5, 5.41) is 5.80. The van der Waals surface area contributed by atoms with E-state index in [1.54, 1.807) is 13.8 Å². The molecule has 1 amide bonds. The number of amides is 1. The van der Waals surface area contributed by atoms with Crippen molar-refractivity contribution in [2.75, 3.05) is 13.6 Å². The number of hydrogen-bond acceptors (Lipinski definition) is 4. The van der Waals surface area contributed by atoms with Crippen LogP contribution in [0.25, 0.3) is 0 Å². The second-order valence-corrected chi connectivity index (χ2v) is 3.55. The number of hydrogen-bond donors (Lipinski definition) is 2. The lowest BCUT2D eigenvalue weighted by Gasteiger charge is -2.10. The van der Waals surface area contributed by atoms with Crippen molar-refractivity contribution in [1.82, 2.24) is 15.6 Å². The number of carbonyl (C=O) groups is 1. The van der Waals surface area contributed by atoms with Gasteiger partial charge in [-0.1, -0.05) is 0 Å². The number of carbonyl (C=O) groups excluding carboxylic acids is 1. The molecule has 1 atom stereocenters. The largest absolute Gasteiger partial charge is 0.436 e. The minimum atomic E-state index is -0.213. The third-order valence-corrected chi connectivity index (χ3v) is 2.17. The molecule has 6 heteroatoms. The molecule has 2 N–H and O–H groups in total. The van der Waals surface area contributed by atoms with Crippen LogP contribution in [-0.4, -0.2) is 30.5 Å². The van der Waals surface area contributed by atoms with Crippen molar-refractivity contribution in [3.05, 3.63) is 17.3 Å². The Hall–Kier alpha value is -1.07. The van der Waals surface area contributed by atoms with Gasteiger partial charge >= 0.3 is 0 Å². The van der Waals surface area contributed by atoms with Crippen molar-refractivity contribution in [3.8, 4) is 0 Å². The highest BCUT2D eigenvalue weighted by molar-refractivity contribution is 5.92. The van der Waals surface area contributed by atoms with Crippen LogP contribution in [0.5, 0.6) is 0 Å². The molecule has 16 heavy (non-hydrogen) atoms. The molecule has 0 saturated carbocycles. The summed E-state index contributed by atoms with van der Waals surface area (Å²) in [4.78, 5) is 15.7. The van der Waals surface area contributed by atoms with E-state index in [0.29, 0.717) is 23.9 Å². The van der Waals surface area contributed by atoms with Crippen molar-refractivity contribution in [1.29, 1.82) is 0 Å². The van der Waals surface area contributed by atoms with Gasteiger partial charge in [-0.2, -0.15) is 0 Å². The molecule has 0 aromatic carbocycles. The summed E-state index contributed by atoms with van der Waals surface area (Å²) >= 11 is 0. The van der Waals surface area contributed by atoms with E-state index in [0.717, 1.165) is 0 Å². The topological polar surface area (TPSA) is 67.2 Å². The molecular weight excluding hydrogens is 230 g/mol. The monoisotopic (exact) mass is 247 g/mol. The fourth-order valence-corrected chi connectivity index (χ4v) is 1.17. The number of rotatable bonds is 4. The minimum absolute atomic E-state index is 0. The third-order valence-electron chi connectivity index (χ3n) is 2.17. The van der Waals surface area contributed by atoms with Crippen LogP contribution in [0.3, 0.4) is 0 Å². The van der Waals surface area contributed by atoms with Gasteiger partial charge in [0.2, 0.25) is 5.76 Å². The van der Waals surface area contributed by atoms with E-state index in [1.165, 1.54) is 0 Å². The van der Waals surface area contributed by atoms with Gasteiger partial charge in [0.15, 0.2) is 5.89 Å². The van der Waals surface area contributed by atoms with Gasteiger partial charge in [0.05, 0.1) is 5.69 Å².